The van der Waals surface area contributed by atoms with Crippen molar-refractivity contribution in [1.82, 2.24) is 9.78 Å². The Morgan fingerprint density at radius 2 is 1.85 bits per heavy atom. The van der Waals surface area contributed by atoms with Gasteiger partial charge in [0.25, 0.3) is 0 Å². The number of esters is 1. The highest BCUT2D eigenvalue weighted by Crippen LogP contribution is 2.53. The summed E-state index contributed by atoms with van der Waals surface area (Å²) in [6.07, 6.45) is 1.89. The molecule has 1 aliphatic carbocycles. The largest absolute Gasteiger partial charge is 0.462 e. The predicted molar refractivity (Wildman–Crippen MR) is 158 cm³/mol. The molecular weight excluding hydrogens is 562 g/mol. The molecule has 1 fully saturated rings. The monoisotopic (exact) mass is 593 g/mol. The zero-order chi connectivity index (χ0) is 29.0. The lowest BCUT2D eigenvalue weighted by molar-refractivity contribution is -0.151. The average Bonchev–Trinajstić information content (AvgIpc) is 3.39. The number of amides is 1. The third-order valence-corrected chi connectivity index (χ3v) is 9.35. The summed E-state index contributed by atoms with van der Waals surface area (Å²) in [5.74, 6) is 6.56. The molecule has 0 aliphatic heterocycles. The van der Waals surface area contributed by atoms with Gasteiger partial charge in [0.05, 0.1) is 23.2 Å². The number of thiophene rings is 2. The zero-order valence-electron chi connectivity index (χ0n) is 23.3. The molecule has 2 atom stereocenters. The van der Waals surface area contributed by atoms with E-state index in [1.54, 1.807) is 54.8 Å². The van der Waals surface area contributed by atoms with Crippen LogP contribution in [0.25, 0.3) is 9.40 Å². The number of aromatic nitrogens is 2. The van der Waals surface area contributed by atoms with Crippen molar-refractivity contribution >= 4 is 50.0 Å². The Balaban J connectivity index is 1.24. The standard InChI is InChI=1S/C30H31N3O6S2/c1-19(20-8-6-5-7-9-20)39-29(35)32-27-21(16-31-33(27)2)10-11-23-14-24-25(40-23)15-26(41-24)30(12-13-30)28(34)38-18-22(37-4)17-36-3/h5-9,14-16,19,22H,12-13,17-18H2,1-4H3,(H,32,35). The van der Waals surface area contributed by atoms with Crippen LogP contribution in [0.5, 0.6) is 0 Å². The van der Waals surface area contributed by atoms with Crippen molar-refractivity contribution < 1.29 is 28.5 Å². The van der Waals surface area contributed by atoms with Gasteiger partial charge in [-0.05, 0) is 37.5 Å². The number of carbonyl (C=O) groups excluding carboxylic acids is 2. The fourth-order valence-electron chi connectivity index (χ4n) is 4.37. The maximum Gasteiger partial charge on any atom is 0.413 e. The highest BCUT2D eigenvalue weighted by molar-refractivity contribution is 7.28. The second kappa shape index (κ2) is 12.4. The summed E-state index contributed by atoms with van der Waals surface area (Å²) in [7, 11) is 4.89. The molecule has 0 radical (unpaired) electrons. The lowest BCUT2D eigenvalue weighted by Crippen LogP contribution is -2.29. The summed E-state index contributed by atoms with van der Waals surface area (Å²) >= 11 is 3.17. The number of benzene rings is 1. The van der Waals surface area contributed by atoms with Gasteiger partial charge in [-0.15, -0.1) is 22.7 Å². The molecule has 41 heavy (non-hydrogen) atoms. The summed E-state index contributed by atoms with van der Waals surface area (Å²) in [6.45, 7) is 2.35. The number of nitrogens with zero attached hydrogens (tertiary/aromatic N) is 2. The van der Waals surface area contributed by atoms with Crippen LogP contribution in [0.3, 0.4) is 0 Å². The van der Waals surface area contributed by atoms with Crippen LogP contribution in [0.2, 0.25) is 0 Å². The number of fused-ring (bicyclic) bond motifs is 1. The highest BCUT2D eigenvalue weighted by Gasteiger charge is 2.54. The van der Waals surface area contributed by atoms with Gasteiger partial charge < -0.3 is 18.9 Å². The van der Waals surface area contributed by atoms with Crippen molar-refractivity contribution in [3.63, 3.8) is 0 Å². The molecule has 4 aromatic rings. The number of anilines is 1. The number of ether oxygens (including phenoxy) is 4. The second-order valence-electron chi connectivity index (χ2n) is 9.81. The summed E-state index contributed by atoms with van der Waals surface area (Å²) in [5, 5.41) is 7.02. The fourth-order valence-corrected chi connectivity index (χ4v) is 6.86. The van der Waals surface area contributed by atoms with Crippen LogP contribution in [-0.4, -0.2) is 55.4 Å². The van der Waals surface area contributed by atoms with E-state index >= 15 is 0 Å². The van der Waals surface area contributed by atoms with Gasteiger partial charge in [-0.25, -0.2) is 4.79 Å². The molecule has 0 spiro atoms. The van der Waals surface area contributed by atoms with Crippen LogP contribution in [0.4, 0.5) is 10.6 Å². The van der Waals surface area contributed by atoms with Gasteiger partial charge in [-0.1, -0.05) is 42.2 Å². The number of carbonyl (C=O) groups is 2. The Hall–Kier alpha value is -3.69. The number of aryl methyl sites for hydroxylation is 1. The molecule has 1 N–H and O–H groups in total. The smallest absolute Gasteiger partial charge is 0.413 e. The van der Waals surface area contributed by atoms with Gasteiger partial charge in [-0.3, -0.25) is 14.8 Å². The first-order valence-corrected chi connectivity index (χ1v) is 14.8. The zero-order valence-corrected chi connectivity index (χ0v) is 24.9. The summed E-state index contributed by atoms with van der Waals surface area (Å²) in [4.78, 5) is 27.4. The van der Waals surface area contributed by atoms with Gasteiger partial charge >= 0.3 is 12.1 Å². The number of rotatable bonds is 10. The number of hydrogen-bond acceptors (Lipinski definition) is 9. The lowest BCUT2D eigenvalue weighted by atomic mass is 10.1. The van der Waals surface area contributed by atoms with Crippen molar-refractivity contribution in [2.24, 2.45) is 7.05 Å². The summed E-state index contributed by atoms with van der Waals surface area (Å²) in [5.41, 5.74) is 0.917. The Labute approximate surface area is 246 Å². The molecular formula is C30H31N3O6S2. The molecule has 3 aromatic heterocycles. The minimum Gasteiger partial charge on any atom is -0.462 e. The van der Waals surface area contributed by atoms with E-state index in [2.05, 4.69) is 28.3 Å². The number of nitrogens with one attached hydrogen (secondary N) is 1. The molecule has 1 aliphatic rings. The Kier molecular flexibility index (Phi) is 8.75. The summed E-state index contributed by atoms with van der Waals surface area (Å²) in [6, 6.07) is 13.6. The molecule has 9 nitrogen and oxygen atoms in total. The quantitative estimate of drug-likeness (QED) is 0.188. The van der Waals surface area contributed by atoms with Crippen LogP contribution in [0.15, 0.2) is 48.7 Å². The van der Waals surface area contributed by atoms with E-state index in [0.717, 1.165) is 37.6 Å². The molecule has 5 rings (SSSR count). The molecule has 0 bridgehead atoms. The minimum atomic E-state index is -0.582. The molecule has 1 saturated carbocycles. The topological polar surface area (TPSA) is 101 Å². The molecule has 1 amide bonds. The van der Waals surface area contributed by atoms with E-state index in [1.165, 1.54) is 0 Å². The molecule has 214 valence electrons. The van der Waals surface area contributed by atoms with E-state index in [4.69, 9.17) is 18.9 Å². The SMILES string of the molecule is COCC(COC(=O)C1(c2cc3sc(C#Cc4cnn(C)c4NC(=O)OC(C)c4ccccc4)cc3s2)CC1)OC. The molecule has 2 unspecified atom stereocenters. The van der Waals surface area contributed by atoms with Crippen molar-refractivity contribution in [1.29, 1.82) is 0 Å². The molecule has 0 saturated heterocycles. The third kappa shape index (κ3) is 6.47. The first-order chi connectivity index (χ1) is 19.8. The Morgan fingerprint density at radius 1 is 1.10 bits per heavy atom. The van der Waals surface area contributed by atoms with E-state index < -0.39 is 17.6 Å². The normalized spacial score (nSPS) is 15.0. The van der Waals surface area contributed by atoms with Crippen LogP contribution >= 0.6 is 22.7 Å². The molecule has 1 aromatic carbocycles. The lowest BCUT2D eigenvalue weighted by Gasteiger charge is -2.17. The van der Waals surface area contributed by atoms with E-state index in [0.29, 0.717) is 18.0 Å². The minimum absolute atomic E-state index is 0.166. The van der Waals surface area contributed by atoms with Crippen molar-refractivity contribution in [3.05, 3.63) is 69.5 Å². The van der Waals surface area contributed by atoms with Crippen LogP contribution < -0.4 is 5.32 Å². The Morgan fingerprint density at radius 3 is 2.54 bits per heavy atom. The molecule has 11 heteroatoms. The molecule has 3 heterocycles. The van der Waals surface area contributed by atoms with Crippen LogP contribution in [0, 0.1) is 11.8 Å². The first-order valence-electron chi connectivity index (χ1n) is 13.1. The predicted octanol–water partition coefficient (Wildman–Crippen LogP) is 5.64. The Bertz CT molecular complexity index is 1560. The summed E-state index contributed by atoms with van der Waals surface area (Å²) < 4.78 is 25.2. The van der Waals surface area contributed by atoms with Crippen LogP contribution in [0.1, 0.15) is 46.8 Å². The van der Waals surface area contributed by atoms with Crippen molar-refractivity contribution in [2.45, 2.75) is 37.4 Å². The van der Waals surface area contributed by atoms with E-state index in [-0.39, 0.29) is 18.7 Å². The third-order valence-electron chi connectivity index (χ3n) is 6.94. The maximum atomic E-state index is 12.9. The van der Waals surface area contributed by atoms with Gasteiger partial charge in [0.15, 0.2) is 0 Å². The van der Waals surface area contributed by atoms with Crippen LogP contribution in [-0.2, 0) is 36.2 Å². The van der Waals surface area contributed by atoms with Crippen molar-refractivity contribution in [2.75, 3.05) is 32.8 Å². The van der Waals surface area contributed by atoms with Crippen molar-refractivity contribution in [3.8, 4) is 11.8 Å². The van der Waals surface area contributed by atoms with Gasteiger partial charge in [0.1, 0.15) is 30.0 Å². The van der Waals surface area contributed by atoms with E-state index in [1.807, 2.05) is 43.3 Å². The second-order valence-corrected chi connectivity index (χ2v) is 12.0. The van der Waals surface area contributed by atoms with Gasteiger partial charge in [0, 0.05) is 35.5 Å². The van der Waals surface area contributed by atoms with E-state index in [9.17, 15) is 9.59 Å². The first kappa shape index (κ1) is 28.8. The number of hydrogen-bond donors (Lipinski definition) is 1. The number of methoxy groups -OCH3 is 2. The highest BCUT2D eigenvalue weighted by atomic mass is 32.1. The van der Waals surface area contributed by atoms with Gasteiger partial charge in [0.2, 0.25) is 0 Å². The average molecular weight is 594 g/mol. The van der Waals surface area contributed by atoms with Gasteiger partial charge in [-0.2, -0.15) is 5.10 Å². The fraction of sp³-hybridized carbons (Fsp3) is 0.367. The maximum absolute atomic E-state index is 12.9.